The standard InChI is InChI=1S/C32H27NO6/c1-36-24-14-12-23(13-15-24)30-25-17-27-28(38-20-37-27)18-26(25)39-31(35)32(30,19-22-10-6-3-7-11-22)33-29(34)16-21-8-4-2-5-9-21/h2-15,17-18,30H,16,19-20H2,1H3,(H,33,34)/t30-,32-/m1/s1. The van der Waals surface area contributed by atoms with Crippen LogP contribution in [-0.4, -0.2) is 31.3 Å². The average molecular weight is 522 g/mol. The highest BCUT2D eigenvalue weighted by Gasteiger charge is 2.54. The van der Waals surface area contributed by atoms with Crippen LogP contribution < -0.4 is 24.3 Å². The molecule has 1 N–H and O–H groups in total. The van der Waals surface area contributed by atoms with Crippen LogP contribution in [0.5, 0.6) is 23.0 Å². The van der Waals surface area contributed by atoms with Gasteiger partial charge in [-0.25, -0.2) is 4.79 Å². The van der Waals surface area contributed by atoms with Gasteiger partial charge in [0.25, 0.3) is 0 Å². The Morgan fingerprint density at radius 1 is 0.872 bits per heavy atom. The van der Waals surface area contributed by atoms with Crippen molar-refractivity contribution in [3.63, 3.8) is 0 Å². The van der Waals surface area contributed by atoms with Gasteiger partial charge in [0.15, 0.2) is 17.0 Å². The molecule has 7 heteroatoms. The van der Waals surface area contributed by atoms with Gasteiger partial charge in [0, 0.05) is 24.0 Å². The van der Waals surface area contributed by atoms with Crippen LogP contribution in [0.2, 0.25) is 0 Å². The zero-order valence-corrected chi connectivity index (χ0v) is 21.4. The maximum Gasteiger partial charge on any atom is 0.338 e. The molecule has 0 bridgehead atoms. The molecule has 0 radical (unpaired) electrons. The summed E-state index contributed by atoms with van der Waals surface area (Å²) in [7, 11) is 1.60. The van der Waals surface area contributed by atoms with E-state index in [0.29, 0.717) is 23.0 Å². The maximum atomic E-state index is 14.1. The monoisotopic (exact) mass is 521 g/mol. The molecule has 39 heavy (non-hydrogen) atoms. The summed E-state index contributed by atoms with van der Waals surface area (Å²) in [6.07, 6.45) is 0.339. The van der Waals surface area contributed by atoms with E-state index in [-0.39, 0.29) is 25.5 Å². The van der Waals surface area contributed by atoms with Gasteiger partial charge in [-0.1, -0.05) is 72.8 Å². The summed E-state index contributed by atoms with van der Waals surface area (Å²) in [5, 5.41) is 3.15. The van der Waals surface area contributed by atoms with Crippen molar-refractivity contribution in [3.8, 4) is 23.0 Å². The lowest BCUT2D eigenvalue weighted by Gasteiger charge is -2.43. The van der Waals surface area contributed by atoms with Gasteiger partial charge in [-0.3, -0.25) is 4.79 Å². The van der Waals surface area contributed by atoms with Crippen LogP contribution in [0.15, 0.2) is 97.1 Å². The Kier molecular flexibility index (Phi) is 6.40. The molecule has 2 atom stereocenters. The van der Waals surface area contributed by atoms with Crippen LogP contribution in [0, 0.1) is 0 Å². The molecule has 0 aromatic heterocycles. The van der Waals surface area contributed by atoms with Crippen LogP contribution in [0.1, 0.15) is 28.2 Å². The Morgan fingerprint density at radius 2 is 1.51 bits per heavy atom. The van der Waals surface area contributed by atoms with Crippen molar-refractivity contribution in [2.45, 2.75) is 24.3 Å². The van der Waals surface area contributed by atoms with Crippen molar-refractivity contribution >= 4 is 11.9 Å². The smallest absolute Gasteiger partial charge is 0.338 e. The van der Waals surface area contributed by atoms with Gasteiger partial charge in [-0.05, 0) is 34.9 Å². The molecule has 0 fully saturated rings. The summed E-state index contributed by atoms with van der Waals surface area (Å²) in [5.74, 6) is 0.731. The largest absolute Gasteiger partial charge is 0.497 e. The first kappa shape index (κ1) is 24.6. The Labute approximate surface area is 226 Å². The number of amides is 1. The molecule has 0 unspecified atom stereocenters. The van der Waals surface area contributed by atoms with E-state index in [2.05, 4.69) is 5.32 Å². The zero-order valence-electron chi connectivity index (χ0n) is 21.4. The summed E-state index contributed by atoms with van der Waals surface area (Å²) in [5.41, 5.74) is 1.84. The van der Waals surface area contributed by atoms with Crippen molar-refractivity contribution in [2.24, 2.45) is 0 Å². The molecular formula is C32H27NO6. The van der Waals surface area contributed by atoms with Gasteiger partial charge >= 0.3 is 5.97 Å². The van der Waals surface area contributed by atoms with Crippen molar-refractivity contribution < 1.29 is 28.5 Å². The summed E-state index contributed by atoms with van der Waals surface area (Å²) in [6, 6.07) is 30.1. The molecule has 2 heterocycles. The number of hydrogen-bond donors (Lipinski definition) is 1. The first-order chi connectivity index (χ1) is 19.1. The van der Waals surface area contributed by atoms with Crippen LogP contribution in [0.3, 0.4) is 0 Å². The molecule has 0 spiro atoms. The quantitative estimate of drug-likeness (QED) is 0.278. The van der Waals surface area contributed by atoms with Gasteiger partial charge in [0.1, 0.15) is 11.5 Å². The van der Waals surface area contributed by atoms with Crippen molar-refractivity contribution in [1.29, 1.82) is 0 Å². The van der Waals surface area contributed by atoms with Gasteiger partial charge in [0.2, 0.25) is 12.7 Å². The van der Waals surface area contributed by atoms with Crippen molar-refractivity contribution in [1.82, 2.24) is 5.32 Å². The fraction of sp³-hybridized carbons (Fsp3) is 0.188. The zero-order chi connectivity index (χ0) is 26.8. The number of benzene rings is 4. The van der Waals surface area contributed by atoms with E-state index in [0.717, 1.165) is 22.3 Å². The summed E-state index contributed by atoms with van der Waals surface area (Å²) >= 11 is 0. The van der Waals surface area contributed by atoms with Crippen molar-refractivity contribution in [3.05, 3.63) is 119 Å². The number of nitrogens with one attached hydrogen (secondary N) is 1. The second-order valence-corrected chi connectivity index (χ2v) is 9.68. The maximum absolute atomic E-state index is 14.1. The fourth-order valence-corrected chi connectivity index (χ4v) is 5.42. The Hall–Kier alpha value is -4.78. The lowest BCUT2D eigenvalue weighted by Crippen LogP contribution is -2.63. The number of esters is 1. The number of fused-ring (bicyclic) bond motifs is 2. The number of ether oxygens (including phenoxy) is 4. The number of hydrogen-bond acceptors (Lipinski definition) is 6. The van der Waals surface area contributed by atoms with E-state index in [9.17, 15) is 9.59 Å². The second-order valence-electron chi connectivity index (χ2n) is 9.68. The minimum atomic E-state index is -1.44. The molecule has 4 aromatic carbocycles. The third-order valence-corrected chi connectivity index (χ3v) is 7.22. The van der Waals surface area contributed by atoms with E-state index in [1.54, 1.807) is 13.2 Å². The van der Waals surface area contributed by atoms with E-state index < -0.39 is 17.4 Å². The lowest BCUT2D eigenvalue weighted by atomic mass is 9.69. The predicted octanol–water partition coefficient (Wildman–Crippen LogP) is 4.82. The lowest BCUT2D eigenvalue weighted by molar-refractivity contribution is -0.147. The van der Waals surface area contributed by atoms with E-state index >= 15 is 0 Å². The first-order valence-corrected chi connectivity index (χ1v) is 12.7. The summed E-state index contributed by atoms with van der Waals surface area (Å²) in [6.45, 7) is 0.0857. The molecule has 2 aliphatic heterocycles. The second kappa shape index (κ2) is 10.2. The third-order valence-electron chi connectivity index (χ3n) is 7.22. The average Bonchev–Trinajstić information content (AvgIpc) is 3.41. The fourth-order valence-electron chi connectivity index (χ4n) is 5.42. The van der Waals surface area contributed by atoms with Gasteiger partial charge < -0.3 is 24.3 Å². The highest BCUT2D eigenvalue weighted by atomic mass is 16.7. The van der Waals surface area contributed by atoms with E-state index in [1.807, 2.05) is 91.0 Å². The first-order valence-electron chi connectivity index (χ1n) is 12.7. The number of rotatable bonds is 7. The molecular weight excluding hydrogens is 494 g/mol. The molecule has 0 aliphatic carbocycles. The van der Waals surface area contributed by atoms with Crippen LogP contribution in [-0.2, 0) is 22.4 Å². The van der Waals surface area contributed by atoms with Crippen molar-refractivity contribution in [2.75, 3.05) is 13.9 Å². The van der Waals surface area contributed by atoms with Gasteiger partial charge in [-0.2, -0.15) is 0 Å². The SMILES string of the molecule is COc1ccc([C@@H]2c3cc4c(cc3OC(=O)[C@]2(Cc2ccccc2)NC(=O)Cc2ccccc2)OCO4)cc1. The number of carbonyl (C=O) groups excluding carboxylic acids is 2. The molecule has 196 valence electrons. The molecule has 2 aliphatic rings. The number of methoxy groups -OCH3 is 1. The van der Waals surface area contributed by atoms with Gasteiger partial charge in [0.05, 0.1) is 13.5 Å². The Balaban J connectivity index is 1.52. The minimum Gasteiger partial charge on any atom is -0.497 e. The number of carbonyl (C=O) groups is 2. The molecule has 1 amide bonds. The molecule has 0 saturated carbocycles. The molecule has 7 nitrogen and oxygen atoms in total. The summed E-state index contributed by atoms with van der Waals surface area (Å²) in [4.78, 5) is 27.8. The summed E-state index contributed by atoms with van der Waals surface area (Å²) < 4.78 is 22.6. The Bertz CT molecular complexity index is 1500. The third kappa shape index (κ3) is 4.68. The molecule has 6 rings (SSSR count). The van der Waals surface area contributed by atoms with Crippen LogP contribution in [0.4, 0.5) is 0 Å². The molecule has 4 aromatic rings. The normalized spacial score (nSPS) is 19.1. The topological polar surface area (TPSA) is 83.1 Å². The van der Waals surface area contributed by atoms with Crippen LogP contribution in [0.25, 0.3) is 0 Å². The minimum absolute atomic E-state index is 0.0857. The molecule has 0 saturated heterocycles. The predicted molar refractivity (Wildman–Crippen MR) is 144 cm³/mol. The van der Waals surface area contributed by atoms with E-state index in [4.69, 9.17) is 18.9 Å². The van der Waals surface area contributed by atoms with E-state index in [1.165, 1.54) is 0 Å². The Morgan fingerprint density at radius 3 is 2.18 bits per heavy atom. The highest BCUT2D eigenvalue weighted by Crippen LogP contribution is 2.50. The van der Waals surface area contributed by atoms with Crippen LogP contribution >= 0.6 is 0 Å². The van der Waals surface area contributed by atoms with Gasteiger partial charge in [-0.15, -0.1) is 0 Å². The highest BCUT2D eigenvalue weighted by molar-refractivity contribution is 5.94.